The van der Waals surface area contributed by atoms with Crippen molar-refractivity contribution in [1.29, 1.82) is 0 Å². The van der Waals surface area contributed by atoms with Crippen molar-refractivity contribution in [3.8, 4) is 11.5 Å². The molecule has 0 spiro atoms. The Morgan fingerprint density at radius 2 is 1.45 bits per heavy atom. The standard InChI is InChI=1S/C19H12Cl4O5S/c20-11-8-14(17(23)16(22)9-11)19(29(26,27)28,10-3-1-4-12(24)7-10)13-5-2-6-15(21)18(13)25/h1-9,24-25H,(H,26,27,28). The second-order valence-corrected chi connectivity index (χ2v) is 9.28. The van der Waals surface area contributed by atoms with Crippen LogP contribution in [0.5, 0.6) is 11.5 Å². The topological polar surface area (TPSA) is 94.8 Å². The molecule has 0 bridgehead atoms. The second-order valence-electron chi connectivity index (χ2n) is 6.09. The molecule has 1 atom stereocenters. The van der Waals surface area contributed by atoms with Crippen molar-refractivity contribution in [3.05, 3.63) is 91.4 Å². The molecule has 0 fully saturated rings. The van der Waals surface area contributed by atoms with Crippen molar-refractivity contribution >= 4 is 56.5 Å². The minimum absolute atomic E-state index is 0.0316. The molecule has 0 saturated heterocycles. The molecule has 0 saturated carbocycles. The van der Waals surface area contributed by atoms with E-state index in [0.717, 1.165) is 6.07 Å². The molecule has 3 aromatic carbocycles. The molecule has 0 amide bonds. The lowest BCUT2D eigenvalue weighted by molar-refractivity contribution is 0.439. The molecule has 29 heavy (non-hydrogen) atoms. The van der Waals surface area contributed by atoms with Crippen LogP contribution in [0.15, 0.2) is 54.6 Å². The third kappa shape index (κ3) is 3.65. The SMILES string of the molecule is O=S(=O)(O)C(c1cccc(O)c1)(c1cccc(Cl)c1O)c1cc(Cl)cc(Cl)c1Cl. The van der Waals surface area contributed by atoms with Crippen LogP contribution >= 0.6 is 46.4 Å². The first-order valence-electron chi connectivity index (χ1n) is 7.89. The van der Waals surface area contributed by atoms with Gasteiger partial charge in [-0.25, -0.2) is 0 Å². The minimum Gasteiger partial charge on any atom is -0.508 e. The van der Waals surface area contributed by atoms with Gasteiger partial charge in [0.05, 0.1) is 15.1 Å². The zero-order chi connectivity index (χ0) is 21.6. The normalized spacial score (nSPS) is 13.8. The second kappa shape index (κ2) is 7.87. The molecular formula is C19H12Cl4O5S. The molecule has 0 aliphatic heterocycles. The fourth-order valence-electron chi connectivity index (χ4n) is 3.22. The lowest BCUT2D eigenvalue weighted by Crippen LogP contribution is -2.38. The van der Waals surface area contributed by atoms with E-state index in [4.69, 9.17) is 46.4 Å². The molecule has 0 aliphatic carbocycles. The zero-order valence-electron chi connectivity index (χ0n) is 14.3. The van der Waals surface area contributed by atoms with Gasteiger partial charge in [0.1, 0.15) is 11.5 Å². The number of para-hydroxylation sites is 1. The zero-order valence-corrected chi connectivity index (χ0v) is 18.1. The molecule has 0 aliphatic rings. The number of rotatable bonds is 4. The van der Waals surface area contributed by atoms with Crippen LogP contribution in [0.25, 0.3) is 0 Å². The Morgan fingerprint density at radius 3 is 2.07 bits per heavy atom. The highest BCUT2D eigenvalue weighted by Gasteiger charge is 2.52. The van der Waals surface area contributed by atoms with Crippen LogP contribution in [0.3, 0.4) is 0 Å². The average Bonchev–Trinajstić information content (AvgIpc) is 2.62. The van der Waals surface area contributed by atoms with Gasteiger partial charge in [0.2, 0.25) is 0 Å². The van der Waals surface area contributed by atoms with E-state index in [1.165, 1.54) is 48.5 Å². The van der Waals surface area contributed by atoms with E-state index < -0.39 is 20.6 Å². The van der Waals surface area contributed by atoms with Gasteiger partial charge >= 0.3 is 0 Å². The highest BCUT2D eigenvalue weighted by molar-refractivity contribution is 7.87. The Kier molecular flexibility index (Phi) is 5.98. The van der Waals surface area contributed by atoms with E-state index in [0.29, 0.717) is 0 Å². The maximum atomic E-state index is 13.0. The first-order chi connectivity index (χ1) is 13.5. The predicted molar refractivity (Wildman–Crippen MR) is 114 cm³/mol. The number of halogens is 4. The summed E-state index contributed by atoms with van der Waals surface area (Å²) in [6.45, 7) is 0. The Morgan fingerprint density at radius 1 is 0.793 bits per heavy atom. The van der Waals surface area contributed by atoms with Crippen LogP contribution in [0.4, 0.5) is 0 Å². The van der Waals surface area contributed by atoms with E-state index in [-0.39, 0.29) is 42.5 Å². The van der Waals surface area contributed by atoms with Gasteiger partial charge in [0.15, 0.2) is 4.75 Å². The van der Waals surface area contributed by atoms with Crippen molar-refractivity contribution in [3.63, 3.8) is 0 Å². The summed E-state index contributed by atoms with van der Waals surface area (Å²) in [4.78, 5) is 0. The first kappa shape index (κ1) is 22.0. The smallest absolute Gasteiger partial charge is 0.283 e. The third-order valence-corrected chi connectivity index (χ3v) is 7.15. The summed E-state index contributed by atoms with van der Waals surface area (Å²) in [5.74, 6) is -0.899. The largest absolute Gasteiger partial charge is 0.508 e. The molecule has 3 aromatic rings. The summed E-state index contributed by atoms with van der Waals surface area (Å²) < 4.78 is 33.9. The molecule has 10 heteroatoms. The van der Waals surface area contributed by atoms with Crippen LogP contribution in [0.1, 0.15) is 16.7 Å². The van der Waals surface area contributed by atoms with Crippen molar-refractivity contribution in [1.82, 2.24) is 0 Å². The van der Waals surface area contributed by atoms with Crippen LogP contribution in [-0.2, 0) is 14.9 Å². The van der Waals surface area contributed by atoms with Gasteiger partial charge in [-0.15, -0.1) is 0 Å². The van der Waals surface area contributed by atoms with Crippen LogP contribution in [0, 0.1) is 0 Å². The Bertz CT molecular complexity index is 1210. The Balaban J connectivity index is 2.65. The quantitative estimate of drug-likeness (QED) is 0.239. The number of phenols is 2. The highest BCUT2D eigenvalue weighted by Crippen LogP contribution is 2.52. The maximum Gasteiger partial charge on any atom is 0.283 e. The van der Waals surface area contributed by atoms with E-state index in [2.05, 4.69) is 0 Å². The van der Waals surface area contributed by atoms with Crippen molar-refractivity contribution < 1.29 is 23.2 Å². The lowest BCUT2D eigenvalue weighted by Gasteiger charge is -2.34. The lowest BCUT2D eigenvalue weighted by atomic mass is 9.83. The summed E-state index contributed by atoms with van der Waals surface area (Å²) in [5.41, 5.74) is -0.668. The van der Waals surface area contributed by atoms with Crippen molar-refractivity contribution in [2.24, 2.45) is 0 Å². The highest BCUT2D eigenvalue weighted by atomic mass is 35.5. The van der Waals surface area contributed by atoms with Gasteiger partial charge in [-0.1, -0.05) is 70.7 Å². The molecule has 152 valence electrons. The van der Waals surface area contributed by atoms with Gasteiger partial charge in [0, 0.05) is 16.1 Å². The van der Waals surface area contributed by atoms with Gasteiger partial charge in [-0.05, 0) is 35.9 Å². The summed E-state index contributed by atoms with van der Waals surface area (Å²) in [7, 11) is -5.13. The molecule has 3 rings (SSSR count). The fraction of sp³-hybridized carbons (Fsp3) is 0.0526. The van der Waals surface area contributed by atoms with Crippen molar-refractivity contribution in [2.75, 3.05) is 0 Å². The Labute approximate surface area is 186 Å². The van der Waals surface area contributed by atoms with E-state index in [1.807, 2.05) is 0 Å². The molecule has 0 heterocycles. The number of hydrogen-bond donors (Lipinski definition) is 3. The molecule has 0 radical (unpaired) electrons. The summed E-state index contributed by atoms with van der Waals surface area (Å²) in [6, 6.07) is 11.6. The van der Waals surface area contributed by atoms with E-state index >= 15 is 0 Å². The van der Waals surface area contributed by atoms with Gasteiger partial charge in [-0.2, -0.15) is 8.42 Å². The molecule has 3 N–H and O–H groups in total. The van der Waals surface area contributed by atoms with Crippen molar-refractivity contribution in [2.45, 2.75) is 4.75 Å². The maximum absolute atomic E-state index is 13.0. The minimum atomic E-state index is -5.13. The Hall–Kier alpha value is -1.67. The summed E-state index contributed by atoms with van der Waals surface area (Å²) in [5, 5.41) is 20.2. The summed E-state index contributed by atoms with van der Waals surface area (Å²) >= 11 is 24.6. The first-order valence-corrected chi connectivity index (χ1v) is 10.8. The van der Waals surface area contributed by atoms with Crippen LogP contribution in [0.2, 0.25) is 20.1 Å². The van der Waals surface area contributed by atoms with Crippen LogP contribution in [-0.4, -0.2) is 23.2 Å². The van der Waals surface area contributed by atoms with E-state index in [1.54, 1.807) is 0 Å². The monoisotopic (exact) mass is 492 g/mol. The predicted octanol–water partition coefficient (Wildman–Crippen LogP) is 5.89. The number of benzene rings is 3. The fourth-order valence-corrected chi connectivity index (χ4v) is 5.50. The van der Waals surface area contributed by atoms with Gasteiger partial charge < -0.3 is 10.2 Å². The molecular weight excluding hydrogens is 482 g/mol. The molecule has 5 nitrogen and oxygen atoms in total. The molecule has 0 aromatic heterocycles. The average molecular weight is 494 g/mol. The number of hydrogen-bond acceptors (Lipinski definition) is 4. The summed E-state index contributed by atoms with van der Waals surface area (Å²) in [6.07, 6.45) is 0. The van der Waals surface area contributed by atoms with Gasteiger partial charge in [-0.3, -0.25) is 4.55 Å². The number of phenolic OH excluding ortho intramolecular Hbond substituents is 2. The third-order valence-electron chi connectivity index (χ3n) is 4.38. The molecule has 1 unspecified atom stereocenters. The van der Waals surface area contributed by atoms with E-state index in [9.17, 15) is 23.2 Å². The number of aromatic hydroxyl groups is 2. The van der Waals surface area contributed by atoms with Gasteiger partial charge in [0.25, 0.3) is 10.1 Å². The van der Waals surface area contributed by atoms with Crippen LogP contribution < -0.4 is 0 Å².